The van der Waals surface area contributed by atoms with Crippen LogP contribution in [0.5, 0.6) is 5.75 Å². The maximum Gasteiger partial charge on any atom is 0.344 e. The van der Waals surface area contributed by atoms with Gasteiger partial charge < -0.3 is 14.4 Å². The second-order valence-corrected chi connectivity index (χ2v) is 7.22. The van der Waals surface area contributed by atoms with Crippen molar-refractivity contribution in [1.82, 2.24) is 4.90 Å². The molecule has 0 aliphatic carbocycles. The predicted octanol–water partition coefficient (Wildman–Crippen LogP) is 4.32. The summed E-state index contributed by atoms with van der Waals surface area (Å²) in [5.74, 6) is -0.835. The molecule has 0 aromatic heterocycles. The molecule has 0 atom stereocenters. The molecule has 0 unspecified atom stereocenters. The molecule has 0 heterocycles. The Labute approximate surface area is 176 Å². The monoisotopic (exact) mass is 459 g/mol. The Kier molecular flexibility index (Phi) is 6.82. The standard InChI is InChI=1S/C22H19BrFNO4/c1-25(12-15-6-9-17(24)10-7-15)20(26)13-29-21(27)14-28-19-11-8-16-4-2-3-5-18(16)22(19)23/h2-11H,12-14H2,1H3. The minimum absolute atomic E-state index is 0.289. The van der Waals surface area contributed by atoms with Gasteiger partial charge in [0.1, 0.15) is 11.6 Å². The molecule has 0 fully saturated rings. The molecule has 0 spiro atoms. The van der Waals surface area contributed by atoms with Crippen LogP contribution in [0.4, 0.5) is 4.39 Å². The van der Waals surface area contributed by atoms with Crippen LogP contribution < -0.4 is 4.74 Å². The van der Waals surface area contributed by atoms with E-state index in [-0.39, 0.29) is 24.9 Å². The van der Waals surface area contributed by atoms with Gasteiger partial charge in [-0.3, -0.25) is 4.79 Å². The summed E-state index contributed by atoms with van der Waals surface area (Å²) in [6.07, 6.45) is 0. The average Bonchev–Trinajstić information content (AvgIpc) is 2.73. The third-order valence-corrected chi connectivity index (χ3v) is 5.11. The summed E-state index contributed by atoms with van der Waals surface area (Å²) >= 11 is 3.49. The van der Waals surface area contributed by atoms with Gasteiger partial charge in [0.25, 0.3) is 5.91 Å². The molecule has 3 rings (SSSR count). The van der Waals surface area contributed by atoms with E-state index in [1.807, 2.05) is 30.3 Å². The Morgan fingerprint density at radius 1 is 1.00 bits per heavy atom. The number of esters is 1. The summed E-state index contributed by atoms with van der Waals surface area (Å²) in [6.45, 7) is -0.415. The highest BCUT2D eigenvalue weighted by Crippen LogP contribution is 2.32. The molecule has 0 saturated heterocycles. The number of halogens is 2. The van der Waals surface area contributed by atoms with Crippen molar-refractivity contribution in [2.24, 2.45) is 0 Å². The van der Waals surface area contributed by atoms with E-state index < -0.39 is 12.6 Å². The fourth-order valence-electron chi connectivity index (χ4n) is 2.71. The largest absolute Gasteiger partial charge is 0.481 e. The Morgan fingerprint density at radius 3 is 2.48 bits per heavy atom. The minimum atomic E-state index is -0.645. The van der Waals surface area contributed by atoms with E-state index in [9.17, 15) is 14.0 Å². The van der Waals surface area contributed by atoms with Crippen LogP contribution in [0, 0.1) is 5.82 Å². The molecule has 0 saturated carbocycles. The lowest BCUT2D eigenvalue weighted by atomic mass is 10.1. The normalized spacial score (nSPS) is 10.6. The fraction of sp³-hybridized carbons (Fsp3) is 0.182. The molecule has 5 nitrogen and oxygen atoms in total. The summed E-state index contributed by atoms with van der Waals surface area (Å²) in [4.78, 5) is 25.5. The smallest absolute Gasteiger partial charge is 0.344 e. The quantitative estimate of drug-likeness (QED) is 0.493. The van der Waals surface area contributed by atoms with Crippen LogP contribution in [0.1, 0.15) is 5.56 Å². The maximum atomic E-state index is 12.9. The highest BCUT2D eigenvalue weighted by Gasteiger charge is 2.14. The molecule has 7 heteroatoms. The van der Waals surface area contributed by atoms with Crippen molar-refractivity contribution in [3.05, 3.63) is 76.5 Å². The van der Waals surface area contributed by atoms with E-state index in [4.69, 9.17) is 9.47 Å². The first-order chi connectivity index (χ1) is 13.9. The maximum absolute atomic E-state index is 12.9. The molecule has 3 aromatic carbocycles. The Morgan fingerprint density at radius 2 is 1.72 bits per heavy atom. The molecule has 0 aliphatic rings. The lowest BCUT2D eigenvalue weighted by molar-refractivity contribution is -0.153. The van der Waals surface area contributed by atoms with Gasteiger partial charge in [-0.15, -0.1) is 0 Å². The van der Waals surface area contributed by atoms with E-state index in [2.05, 4.69) is 15.9 Å². The van der Waals surface area contributed by atoms with Crippen LogP contribution in [0.15, 0.2) is 65.1 Å². The van der Waals surface area contributed by atoms with Crippen molar-refractivity contribution in [2.75, 3.05) is 20.3 Å². The van der Waals surface area contributed by atoms with E-state index in [0.29, 0.717) is 5.75 Å². The van der Waals surface area contributed by atoms with Gasteiger partial charge in [-0.1, -0.05) is 42.5 Å². The second-order valence-electron chi connectivity index (χ2n) is 6.42. The van der Waals surface area contributed by atoms with Crippen molar-refractivity contribution in [3.8, 4) is 5.75 Å². The van der Waals surface area contributed by atoms with E-state index in [0.717, 1.165) is 20.8 Å². The van der Waals surface area contributed by atoms with E-state index in [1.54, 1.807) is 25.2 Å². The van der Waals surface area contributed by atoms with E-state index >= 15 is 0 Å². The number of nitrogens with zero attached hydrogens (tertiary/aromatic N) is 1. The Bertz CT molecular complexity index is 1020. The van der Waals surface area contributed by atoms with Crippen LogP contribution in [-0.2, 0) is 20.9 Å². The Hall–Kier alpha value is -2.93. The first-order valence-corrected chi connectivity index (χ1v) is 9.67. The highest BCUT2D eigenvalue weighted by atomic mass is 79.9. The first kappa shape index (κ1) is 20.8. The first-order valence-electron chi connectivity index (χ1n) is 8.88. The van der Waals surface area contributed by atoms with Crippen molar-refractivity contribution in [3.63, 3.8) is 0 Å². The van der Waals surface area contributed by atoms with E-state index in [1.165, 1.54) is 17.0 Å². The van der Waals surface area contributed by atoms with Crippen molar-refractivity contribution < 1.29 is 23.5 Å². The number of hydrogen-bond acceptors (Lipinski definition) is 4. The van der Waals surface area contributed by atoms with Crippen LogP contribution in [0.2, 0.25) is 0 Å². The average molecular weight is 460 g/mol. The number of amides is 1. The zero-order valence-electron chi connectivity index (χ0n) is 15.7. The van der Waals surface area contributed by atoms with Gasteiger partial charge in [0.2, 0.25) is 0 Å². The molecule has 150 valence electrons. The fourth-order valence-corrected chi connectivity index (χ4v) is 3.32. The van der Waals surface area contributed by atoms with Crippen LogP contribution >= 0.6 is 15.9 Å². The molecule has 3 aromatic rings. The third kappa shape index (κ3) is 5.54. The molecule has 0 bridgehead atoms. The Balaban J connectivity index is 1.47. The van der Waals surface area contributed by atoms with Gasteiger partial charge in [-0.25, -0.2) is 9.18 Å². The summed E-state index contributed by atoms with van der Waals surface area (Å²) in [7, 11) is 1.59. The lowest BCUT2D eigenvalue weighted by Crippen LogP contribution is -2.31. The lowest BCUT2D eigenvalue weighted by Gasteiger charge is -2.17. The number of rotatable bonds is 7. The van der Waals surface area contributed by atoms with Gasteiger partial charge in [0.15, 0.2) is 13.2 Å². The number of hydrogen-bond donors (Lipinski definition) is 0. The molecule has 0 aliphatic heterocycles. The zero-order valence-corrected chi connectivity index (χ0v) is 17.3. The predicted molar refractivity (Wildman–Crippen MR) is 111 cm³/mol. The van der Waals surface area contributed by atoms with Gasteiger partial charge in [0, 0.05) is 13.6 Å². The molecule has 0 N–H and O–H groups in total. The van der Waals surface area contributed by atoms with Crippen molar-refractivity contribution in [2.45, 2.75) is 6.54 Å². The summed E-state index contributed by atoms with van der Waals surface area (Å²) in [6, 6.07) is 17.3. The van der Waals surface area contributed by atoms with Gasteiger partial charge in [-0.2, -0.15) is 0 Å². The number of benzene rings is 3. The molecule has 0 radical (unpaired) electrons. The highest BCUT2D eigenvalue weighted by molar-refractivity contribution is 9.10. The van der Waals surface area contributed by atoms with Gasteiger partial charge in [0.05, 0.1) is 4.47 Å². The van der Waals surface area contributed by atoms with Crippen LogP contribution in [0.25, 0.3) is 10.8 Å². The number of carbonyl (C=O) groups is 2. The van der Waals surface area contributed by atoms with Crippen LogP contribution in [-0.4, -0.2) is 37.0 Å². The van der Waals surface area contributed by atoms with Crippen molar-refractivity contribution in [1.29, 1.82) is 0 Å². The molecular formula is C22H19BrFNO4. The third-order valence-electron chi connectivity index (χ3n) is 4.29. The molecular weight excluding hydrogens is 441 g/mol. The topological polar surface area (TPSA) is 55.8 Å². The number of fused-ring (bicyclic) bond motifs is 1. The molecule has 1 amide bonds. The minimum Gasteiger partial charge on any atom is -0.481 e. The number of likely N-dealkylation sites (N-methyl/N-ethyl adjacent to an activating group) is 1. The molecule has 29 heavy (non-hydrogen) atoms. The van der Waals surface area contributed by atoms with Gasteiger partial charge in [-0.05, 0) is 50.5 Å². The summed E-state index contributed by atoms with van der Waals surface area (Å²) < 4.78 is 24.2. The zero-order chi connectivity index (χ0) is 20.8. The second kappa shape index (κ2) is 9.52. The summed E-state index contributed by atoms with van der Waals surface area (Å²) in [5.41, 5.74) is 0.776. The number of carbonyl (C=O) groups excluding carboxylic acids is 2. The SMILES string of the molecule is CN(Cc1ccc(F)cc1)C(=O)COC(=O)COc1ccc2ccccc2c1Br. The summed E-state index contributed by atoms with van der Waals surface area (Å²) in [5, 5.41) is 2.01. The van der Waals surface area contributed by atoms with Crippen LogP contribution in [0.3, 0.4) is 0 Å². The van der Waals surface area contributed by atoms with Crippen molar-refractivity contribution >= 4 is 38.6 Å². The van der Waals surface area contributed by atoms with Gasteiger partial charge >= 0.3 is 5.97 Å². The number of ether oxygens (including phenoxy) is 2.